The summed E-state index contributed by atoms with van der Waals surface area (Å²) in [5, 5.41) is 7.47. The van der Waals surface area contributed by atoms with Gasteiger partial charge in [0.25, 0.3) is 0 Å². The van der Waals surface area contributed by atoms with Crippen LogP contribution in [-0.2, 0) is 11.8 Å². The fraction of sp³-hybridized carbons (Fsp3) is 0.444. The molecular weight excluding hydrogens is 386 g/mol. The van der Waals surface area contributed by atoms with Crippen LogP contribution in [0.2, 0.25) is 0 Å². The zero-order valence-electron chi connectivity index (χ0n) is 14.6. The number of hydrogen-bond donors (Lipinski definition) is 1. The summed E-state index contributed by atoms with van der Waals surface area (Å²) in [5.41, 5.74) is 2.93. The monoisotopic (exact) mass is 409 g/mol. The number of amides is 1. The number of anilines is 1. The molecule has 0 aliphatic carbocycles. The van der Waals surface area contributed by atoms with Crippen LogP contribution in [0.3, 0.4) is 0 Å². The first-order valence-corrected chi connectivity index (χ1v) is 10.00. The van der Waals surface area contributed by atoms with Crippen LogP contribution in [-0.4, -0.2) is 26.7 Å². The van der Waals surface area contributed by atoms with Gasteiger partial charge in [-0.1, -0.05) is 41.4 Å². The molecule has 1 N–H and O–H groups in total. The summed E-state index contributed by atoms with van der Waals surface area (Å²) >= 11 is 5.15. The van der Waals surface area contributed by atoms with E-state index in [4.69, 9.17) is 0 Å². The SMILES string of the molecule is CCCCSC(C)C(=O)Nc1c(-c2ccc(Br)cc2)c(C)nn1C. The van der Waals surface area contributed by atoms with Gasteiger partial charge < -0.3 is 5.32 Å². The average Bonchev–Trinajstić information content (AvgIpc) is 2.82. The molecule has 6 heteroatoms. The summed E-state index contributed by atoms with van der Waals surface area (Å²) < 4.78 is 2.77. The third kappa shape index (κ3) is 4.63. The summed E-state index contributed by atoms with van der Waals surface area (Å²) in [7, 11) is 1.86. The van der Waals surface area contributed by atoms with Crippen LogP contribution in [0.4, 0.5) is 5.82 Å². The Kier molecular flexibility index (Phi) is 6.92. The largest absolute Gasteiger partial charge is 0.309 e. The topological polar surface area (TPSA) is 46.9 Å². The number of rotatable bonds is 7. The number of carbonyl (C=O) groups excluding carboxylic acids is 1. The Morgan fingerprint density at radius 2 is 2.04 bits per heavy atom. The number of thioether (sulfide) groups is 1. The first-order valence-electron chi connectivity index (χ1n) is 8.16. The first-order chi connectivity index (χ1) is 11.4. The molecule has 1 heterocycles. The number of hydrogen-bond acceptors (Lipinski definition) is 3. The maximum Gasteiger partial charge on any atom is 0.238 e. The molecule has 1 amide bonds. The average molecular weight is 410 g/mol. The van der Waals surface area contributed by atoms with Gasteiger partial charge in [0.1, 0.15) is 5.82 Å². The van der Waals surface area contributed by atoms with E-state index >= 15 is 0 Å². The number of aromatic nitrogens is 2. The minimum atomic E-state index is -0.0791. The molecule has 0 bridgehead atoms. The molecule has 1 aromatic carbocycles. The van der Waals surface area contributed by atoms with E-state index in [1.165, 1.54) is 0 Å². The van der Waals surface area contributed by atoms with E-state index in [9.17, 15) is 4.79 Å². The highest BCUT2D eigenvalue weighted by atomic mass is 79.9. The van der Waals surface area contributed by atoms with E-state index in [0.717, 1.165) is 45.7 Å². The summed E-state index contributed by atoms with van der Waals surface area (Å²) in [6.45, 7) is 6.08. The quantitative estimate of drug-likeness (QED) is 0.652. The van der Waals surface area contributed by atoms with Crippen LogP contribution in [0, 0.1) is 6.92 Å². The van der Waals surface area contributed by atoms with Gasteiger partial charge in [-0.3, -0.25) is 9.48 Å². The zero-order chi connectivity index (χ0) is 17.7. The lowest BCUT2D eigenvalue weighted by Gasteiger charge is -2.13. The van der Waals surface area contributed by atoms with Gasteiger partial charge >= 0.3 is 0 Å². The molecule has 130 valence electrons. The summed E-state index contributed by atoms with van der Waals surface area (Å²) in [4.78, 5) is 12.5. The molecular formula is C18H24BrN3OS. The van der Waals surface area contributed by atoms with Crippen molar-refractivity contribution in [2.45, 2.75) is 38.9 Å². The minimum Gasteiger partial charge on any atom is -0.309 e. The minimum absolute atomic E-state index is 0.0254. The Hall–Kier alpha value is -1.27. The van der Waals surface area contributed by atoms with Crippen LogP contribution < -0.4 is 5.32 Å². The lowest BCUT2D eigenvalue weighted by Crippen LogP contribution is -2.24. The van der Waals surface area contributed by atoms with Gasteiger partial charge in [0.15, 0.2) is 0 Å². The highest BCUT2D eigenvalue weighted by molar-refractivity contribution is 9.10. The van der Waals surface area contributed by atoms with Crippen molar-refractivity contribution in [3.05, 3.63) is 34.4 Å². The number of carbonyl (C=O) groups is 1. The van der Waals surface area contributed by atoms with Gasteiger partial charge in [-0.2, -0.15) is 5.10 Å². The summed E-state index contributed by atoms with van der Waals surface area (Å²) in [6, 6.07) is 8.06. The molecule has 0 aliphatic rings. The molecule has 2 aromatic rings. The summed E-state index contributed by atoms with van der Waals surface area (Å²) in [5.74, 6) is 1.79. The molecule has 0 aliphatic heterocycles. The molecule has 1 unspecified atom stereocenters. The van der Waals surface area contributed by atoms with Crippen molar-refractivity contribution in [1.29, 1.82) is 0 Å². The molecule has 0 spiro atoms. The molecule has 0 saturated heterocycles. The van der Waals surface area contributed by atoms with Crippen molar-refractivity contribution in [3.63, 3.8) is 0 Å². The van der Waals surface area contributed by atoms with E-state index < -0.39 is 0 Å². The van der Waals surface area contributed by atoms with Crippen molar-refractivity contribution in [2.24, 2.45) is 7.05 Å². The normalized spacial score (nSPS) is 12.2. The van der Waals surface area contributed by atoms with Crippen LogP contribution in [0.15, 0.2) is 28.7 Å². The molecule has 0 fully saturated rings. The van der Waals surface area contributed by atoms with E-state index in [1.807, 2.05) is 45.2 Å². The fourth-order valence-corrected chi connectivity index (χ4v) is 3.75. The Labute approximate surface area is 156 Å². The first kappa shape index (κ1) is 19.1. The Morgan fingerprint density at radius 1 is 1.38 bits per heavy atom. The Bertz CT molecular complexity index is 697. The van der Waals surface area contributed by atoms with Crippen molar-refractivity contribution >= 4 is 39.4 Å². The molecule has 4 nitrogen and oxygen atoms in total. The fourth-order valence-electron chi connectivity index (χ4n) is 2.46. The second-order valence-corrected chi connectivity index (χ2v) is 8.16. The molecule has 24 heavy (non-hydrogen) atoms. The third-order valence-electron chi connectivity index (χ3n) is 3.83. The van der Waals surface area contributed by atoms with Gasteiger partial charge in [0.05, 0.1) is 10.9 Å². The van der Waals surface area contributed by atoms with Crippen LogP contribution >= 0.6 is 27.7 Å². The number of benzene rings is 1. The second kappa shape index (κ2) is 8.72. The number of halogens is 1. The highest BCUT2D eigenvalue weighted by Gasteiger charge is 2.20. The Morgan fingerprint density at radius 3 is 2.67 bits per heavy atom. The molecule has 0 saturated carbocycles. The lowest BCUT2D eigenvalue weighted by molar-refractivity contribution is -0.115. The van der Waals surface area contributed by atoms with E-state index in [0.29, 0.717) is 0 Å². The van der Waals surface area contributed by atoms with Crippen LogP contribution in [0.1, 0.15) is 32.4 Å². The van der Waals surface area contributed by atoms with E-state index in [2.05, 4.69) is 33.3 Å². The maximum absolute atomic E-state index is 12.5. The number of nitrogens with one attached hydrogen (secondary N) is 1. The standard InChI is InChI=1S/C18H24BrN3OS/c1-5-6-11-24-13(3)18(23)20-17-16(12(2)21-22(17)4)14-7-9-15(19)10-8-14/h7-10,13H,5-6,11H2,1-4H3,(H,20,23). The maximum atomic E-state index is 12.5. The second-order valence-electron chi connectivity index (χ2n) is 5.80. The van der Waals surface area contributed by atoms with Crippen molar-refractivity contribution in [2.75, 3.05) is 11.1 Å². The molecule has 2 rings (SSSR count). The molecule has 1 aromatic heterocycles. The van der Waals surface area contributed by atoms with Crippen LogP contribution in [0.25, 0.3) is 11.1 Å². The smallest absolute Gasteiger partial charge is 0.238 e. The Balaban J connectivity index is 2.21. The number of nitrogens with zero attached hydrogens (tertiary/aromatic N) is 2. The van der Waals surface area contributed by atoms with Gasteiger partial charge in [-0.05, 0) is 43.7 Å². The van der Waals surface area contributed by atoms with Crippen LogP contribution in [0.5, 0.6) is 0 Å². The van der Waals surface area contributed by atoms with Gasteiger partial charge in [-0.25, -0.2) is 0 Å². The number of aryl methyl sites for hydroxylation is 2. The molecule has 1 atom stereocenters. The van der Waals surface area contributed by atoms with E-state index in [-0.39, 0.29) is 11.2 Å². The number of unbranched alkanes of at least 4 members (excludes halogenated alkanes) is 1. The van der Waals surface area contributed by atoms with Crippen molar-refractivity contribution < 1.29 is 4.79 Å². The molecule has 0 radical (unpaired) electrons. The summed E-state index contributed by atoms with van der Waals surface area (Å²) in [6.07, 6.45) is 2.28. The zero-order valence-corrected chi connectivity index (χ0v) is 17.0. The van der Waals surface area contributed by atoms with Crippen molar-refractivity contribution in [1.82, 2.24) is 9.78 Å². The van der Waals surface area contributed by atoms with E-state index in [1.54, 1.807) is 16.4 Å². The predicted molar refractivity (Wildman–Crippen MR) is 107 cm³/mol. The van der Waals surface area contributed by atoms with Gasteiger partial charge in [0, 0.05) is 17.1 Å². The third-order valence-corrected chi connectivity index (χ3v) is 5.60. The predicted octanol–water partition coefficient (Wildman–Crippen LogP) is 5.02. The van der Waals surface area contributed by atoms with Gasteiger partial charge in [0.2, 0.25) is 5.91 Å². The lowest BCUT2D eigenvalue weighted by atomic mass is 10.1. The highest BCUT2D eigenvalue weighted by Crippen LogP contribution is 2.32. The van der Waals surface area contributed by atoms with Crippen molar-refractivity contribution in [3.8, 4) is 11.1 Å². The van der Waals surface area contributed by atoms with Gasteiger partial charge in [-0.15, -0.1) is 11.8 Å².